The molecule has 1 aromatic rings. The standard InChI is InChI=1S/C12H15NO5S/c1-19-6-8-2-3-10(18-8)11(15)13-5-7(14)4-9(13)12(16)17/h2-3,7,9,14H,4-6H2,1H3,(H,16,17). The molecular formula is C12H15NO5S. The van der Waals surface area contributed by atoms with Crippen molar-refractivity contribution in [3.05, 3.63) is 23.7 Å². The zero-order valence-electron chi connectivity index (χ0n) is 10.4. The average Bonchev–Trinajstić information content (AvgIpc) is 2.95. The Morgan fingerprint density at radius 2 is 2.26 bits per heavy atom. The summed E-state index contributed by atoms with van der Waals surface area (Å²) in [6.45, 7) is 0.0222. The Morgan fingerprint density at radius 1 is 1.53 bits per heavy atom. The summed E-state index contributed by atoms with van der Waals surface area (Å²) in [7, 11) is 0. The number of nitrogens with zero attached hydrogens (tertiary/aromatic N) is 1. The molecule has 0 bridgehead atoms. The molecule has 1 aliphatic rings. The van der Waals surface area contributed by atoms with Crippen molar-refractivity contribution in [2.24, 2.45) is 0 Å². The summed E-state index contributed by atoms with van der Waals surface area (Å²) in [4.78, 5) is 24.4. The van der Waals surface area contributed by atoms with E-state index in [9.17, 15) is 14.7 Å². The van der Waals surface area contributed by atoms with E-state index in [1.165, 1.54) is 6.07 Å². The second-order valence-electron chi connectivity index (χ2n) is 4.40. The highest BCUT2D eigenvalue weighted by Gasteiger charge is 2.40. The first kappa shape index (κ1) is 14.0. The lowest BCUT2D eigenvalue weighted by atomic mass is 10.2. The Labute approximate surface area is 114 Å². The minimum atomic E-state index is -1.11. The van der Waals surface area contributed by atoms with E-state index >= 15 is 0 Å². The highest BCUT2D eigenvalue weighted by molar-refractivity contribution is 7.97. The molecule has 0 aliphatic carbocycles. The van der Waals surface area contributed by atoms with Crippen LogP contribution in [0.25, 0.3) is 0 Å². The Kier molecular flexibility index (Phi) is 4.16. The third-order valence-electron chi connectivity index (χ3n) is 2.98. The first-order chi connectivity index (χ1) is 9.02. The predicted molar refractivity (Wildman–Crippen MR) is 69.0 cm³/mol. The Hall–Kier alpha value is -1.47. The quantitative estimate of drug-likeness (QED) is 0.850. The molecular weight excluding hydrogens is 270 g/mol. The normalized spacial score (nSPS) is 22.7. The van der Waals surface area contributed by atoms with Gasteiger partial charge in [0.05, 0.1) is 11.9 Å². The van der Waals surface area contributed by atoms with Crippen molar-refractivity contribution in [2.75, 3.05) is 12.8 Å². The van der Waals surface area contributed by atoms with E-state index in [2.05, 4.69) is 0 Å². The molecule has 1 fully saturated rings. The van der Waals surface area contributed by atoms with Crippen molar-refractivity contribution in [3.8, 4) is 0 Å². The maximum atomic E-state index is 12.2. The number of likely N-dealkylation sites (tertiary alicyclic amines) is 1. The summed E-state index contributed by atoms with van der Waals surface area (Å²) in [5, 5.41) is 18.6. The Balaban J connectivity index is 2.15. The third-order valence-corrected chi connectivity index (χ3v) is 3.56. The maximum absolute atomic E-state index is 12.2. The van der Waals surface area contributed by atoms with E-state index in [1.54, 1.807) is 17.8 Å². The van der Waals surface area contributed by atoms with Gasteiger partial charge in [0.15, 0.2) is 5.76 Å². The van der Waals surface area contributed by atoms with Crippen LogP contribution in [0.5, 0.6) is 0 Å². The van der Waals surface area contributed by atoms with Crippen LogP contribution in [0.4, 0.5) is 0 Å². The van der Waals surface area contributed by atoms with Gasteiger partial charge < -0.3 is 19.5 Å². The molecule has 2 rings (SSSR count). The van der Waals surface area contributed by atoms with Crippen LogP contribution >= 0.6 is 11.8 Å². The van der Waals surface area contributed by atoms with Crippen molar-refractivity contribution in [3.63, 3.8) is 0 Å². The lowest BCUT2D eigenvalue weighted by molar-refractivity contribution is -0.141. The third kappa shape index (κ3) is 2.93. The minimum absolute atomic E-state index is 0.0222. The van der Waals surface area contributed by atoms with E-state index in [1.807, 2.05) is 6.26 Å². The van der Waals surface area contributed by atoms with E-state index < -0.39 is 24.0 Å². The number of amides is 1. The number of carboxylic acid groups (broad SMARTS) is 1. The number of carbonyl (C=O) groups excluding carboxylic acids is 1. The molecule has 2 heterocycles. The summed E-state index contributed by atoms with van der Waals surface area (Å²) < 4.78 is 5.37. The van der Waals surface area contributed by atoms with E-state index in [0.29, 0.717) is 11.5 Å². The van der Waals surface area contributed by atoms with Gasteiger partial charge in [0, 0.05) is 13.0 Å². The zero-order valence-corrected chi connectivity index (χ0v) is 11.2. The van der Waals surface area contributed by atoms with Gasteiger partial charge >= 0.3 is 5.97 Å². The molecule has 0 spiro atoms. The maximum Gasteiger partial charge on any atom is 0.326 e. The van der Waals surface area contributed by atoms with Crippen LogP contribution in [0.15, 0.2) is 16.5 Å². The van der Waals surface area contributed by atoms with Crippen LogP contribution in [0.3, 0.4) is 0 Å². The second kappa shape index (κ2) is 5.66. The first-order valence-corrected chi connectivity index (χ1v) is 7.21. The molecule has 6 nitrogen and oxygen atoms in total. The summed E-state index contributed by atoms with van der Waals surface area (Å²) in [6, 6.07) is 2.25. The molecule has 0 saturated carbocycles. The molecule has 1 aliphatic heterocycles. The van der Waals surface area contributed by atoms with Crippen LogP contribution < -0.4 is 0 Å². The first-order valence-electron chi connectivity index (χ1n) is 5.82. The molecule has 104 valence electrons. The number of furan rings is 1. The number of aliphatic hydroxyl groups excluding tert-OH is 1. The highest BCUT2D eigenvalue weighted by atomic mass is 32.2. The van der Waals surface area contributed by atoms with Gasteiger partial charge in [-0.15, -0.1) is 0 Å². The summed E-state index contributed by atoms with van der Waals surface area (Å²) in [5.74, 6) is -0.165. The number of rotatable bonds is 4. The molecule has 0 aromatic carbocycles. The fourth-order valence-corrected chi connectivity index (χ4v) is 2.57. The average molecular weight is 285 g/mol. The van der Waals surface area contributed by atoms with Crippen LogP contribution in [-0.4, -0.2) is 51.9 Å². The topological polar surface area (TPSA) is 91.0 Å². The van der Waals surface area contributed by atoms with Gasteiger partial charge in [0.25, 0.3) is 5.91 Å². The lowest BCUT2D eigenvalue weighted by Crippen LogP contribution is -2.40. The van der Waals surface area contributed by atoms with E-state index in [4.69, 9.17) is 9.52 Å². The largest absolute Gasteiger partial charge is 0.480 e. The summed E-state index contributed by atoms with van der Waals surface area (Å²) in [6.07, 6.45) is 1.17. The Morgan fingerprint density at radius 3 is 2.89 bits per heavy atom. The molecule has 1 aromatic heterocycles. The van der Waals surface area contributed by atoms with Gasteiger partial charge in [-0.3, -0.25) is 4.79 Å². The predicted octanol–water partition coefficient (Wildman–Crippen LogP) is 0.803. The number of carboxylic acids is 1. The van der Waals surface area contributed by atoms with Crippen molar-refractivity contribution in [1.82, 2.24) is 4.90 Å². The minimum Gasteiger partial charge on any atom is -0.480 e. The zero-order chi connectivity index (χ0) is 14.0. The van der Waals surface area contributed by atoms with Gasteiger partial charge in [0.2, 0.25) is 0 Å². The number of carbonyl (C=O) groups is 2. The van der Waals surface area contributed by atoms with Gasteiger partial charge in [0.1, 0.15) is 11.8 Å². The number of β-amino-alcohol motifs (C(OH)–C–C–N with tert-alkyl or cyclic N) is 1. The van der Waals surface area contributed by atoms with Crippen molar-refractivity contribution in [1.29, 1.82) is 0 Å². The molecule has 1 saturated heterocycles. The van der Waals surface area contributed by atoms with Crippen LogP contribution in [-0.2, 0) is 10.5 Å². The van der Waals surface area contributed by atoms with Gasteiger partial charge in [-0.05, 0) is 18.4 Å². The molecule has 19 heavy (non-hydrogen) atoms. The fourth-order valence-electron chi connectivity index (χ4n) is 2.13. The van der Waals surface area contributed by atoms with E-state index in [0.717, 1.165) is 4.90 Å². The molecule has 2 atom stereocenters. The van der Waals surface area contributed by atoms with Crippen LogP contribution in [0.1, 0.15) is 22.7 Å². The molecule has 1 amide bonds. The van der Waals surface area contributed by atoms with Gasteiger partial charge in [-0.25, -0.2) is 4.79 Å². The molecule has 2 N–H and O–H groups in total. The van der Waals surface area contributed by atoms with Crippen LogP contribution in [0.2, 0.25) is 0 Å². The SMILES string of the molecule is CSCc1ccc(C(=O)N2CC(O)CC2C(=O)O)o1. The fraction of sp³-hybridized carbons (Fsp3) is 0.500. The van der Waals surface area contributed by atoms with Crippen molar-refractivity contribution < 1.29 is 24.2 Å². The van der Waals surface area contributed by atoms with Crippen molar-refractivity contribution in [2.45, 2.75) is 24.3 Å². The molecule has 0 radical (unpaired) electrons. The van der Waals surface area contributed by atoms with E-state index in [-0.39, 0.29) is 18.7 Å². The number of hydrogen-bond donors (Lipinski definition) is 2. The molecule has 7 heteroatoms. The Bertz CT molecular complexity index is 486. The lowest BCUT2D eigenvalue weighted by Gasteiger charge is -2.19. The monoisotopic (exact) mass is 285 g/mol. The van der Waals surface area contributed by atoms with Gasteiger partial charge in [-0.1, -0.05) is 0 Å². The molecule has 2 unspecified atom stereocenters. The van der Waals surface area contributed by atoms with Gasteiger partial charge in [-0.2, -0.15) is 11.8 Å². The van der Waals surface area contributed by atoms with Crippen molar-refractivity contribution >= 4 is 23.6 Å². The smallest absolute Gasteiger partial charge is 0.326 e. The number of aliphatic carboxylic acids is 1. The summed E-state index contributed by atoms with van der Waals surface area (Å²) in [5.41, 5.74) is 0. The number of hydrogen-bond acceptors (Lipinski definition) is 5. The second-order valence-corrected chi connectivity index (χ2v) is 5.27. The van der Waals surface area contributed by atoms with Crippen LogP contribution in [0, 0.1) is 0 Å². The number of aliphatic hydroxyl groups is 1. The highest BCUT2D eigenvalue weighted by Crippen LogP contribution is 2.22. The summed E-state index contributed by atoms with van der Waals surface area (Å²) >= 11 is 1.57. The number of thioether (sulfide) groups is 1.